The molecule has 0 aliphatic rings. The van der Waals surface area contributed by atoms with Crippen LogP contribution in [0.25, 0.3) is 0 Å². The molecule has 18 heavy (non-hydrogen) atoms. The summed E-state index contributed by atoms with van der Waals surface area (Å²) in [5.74, 6) is 0. The molecule has 0 fully saturated rings. The van der Waals surface area contributed by atoms with Crippen molar-refractivity contribution >= 4 is 22.9 Å². The summed E-state index contributed by atoms with van der Waals surface area (Å²) in [5.41, 5.74) is 0.620. The van der Waals surface area contributed by atoms with E-state index in [4.69, 9.17) is 11.6 Å². The van der Waals surface area contributed by atoms with E-state index in [0.717, 1.165) is 15.5 Å². The van der Waals surface area contributed by atoms with E-state index < -0.39 is 5.54 Å². The summed E-state index contributed by atoms with van der Waals surface area (Å²) in [7, 11) is 0. The second kappa shape index (κ2) is 5.85. The van der Waals surface area contributed by atoms with Crippen molar-refractivity contribution in [3.63, 3.8) is 0 Å². The zero-order valence-corrected chi connectivity index (χ0v) is 11.8. The molecular weight excluding hydrogens is 266 g/mol. The van der Waals surface area contributed by atoms with Crippen molar-refractivity contribution in [2.45, 2.75) is 19.0 Å². The Bertz CT molecular complexity index is 500. The molecule has 2 nitrogen and oxygen atoms in total. The number of hydrogen-bond acceptors (Lipinski definition) is 3. The largest absolute Gasteiger partial charge is 0.394 e. The minimum atomic E-state index is -0.450. The summed E-state index contributed by atoms with van der Waals surface area (Å²) < 4.78 is 0. The van der Waals surface area contributed by atoms with Gasteiger partial charge in [0.15, 0.2) is 0 Å². The van der Waals surface area contributed by atoms with Crippen LogP contribution in [0.2, 0.25) is 5.02 Å². The molecule has 0 saturated carbocycles. The van der Waals surface area contributed by atoms with E-state index in [0.29, 0.717) is 6.54 Å². The lowest BCUT2D eigenvalue weighted by molar-refractivity contribution is 0.174. The molecule has 1 atom stereocenters. The Kier molecular flexibility index (Phi) is 4.40. The molecule has 0 amide bonds. The standard InChI is InChI=1S/C14H16ClNOS/c1-14(10-17,11-5-3-2-4-6-11)16-9-13-12(15)7-8-18-13/h2-8,16-17H,9-10H2,1H3/t14-/m1/s1. The molecule has 0 unspecified atom stereocenters. The Morgan fingerprint density at radius 3 is 2.56 bits per heavy atom. The van der Waals surface area contributed by atoms with Crippen LogP contribution in [0.15, 0.2) is 41.8 Å². The summed E-state index contributed by atoms with van der Waals surface area (Å²) in [5, 5.41) is 15.8. The molecule has 1 aromatic carbocycles. The number of aliphatic hydroxyl groups excluding tert-OH is 1. The van der Waals surface area contributed by atoms with Crippen molar-refractivity contribution < 1.29 is 5.11 Å². The molecule has 0 spiro atoms. The third-order valence-corrected chi connectivity index (χ3v) is 4.44. The fourth-order valence-corrected chi connectivity index (χ4v) is 2.82. The molecule has 1 aromatic heterocycles. The average molecular weight is 282 g/mol. The predicted molar refractivity (Wildman–Crippen MR) is 77.0 cm³/mol. The van der Waals surface area contributed by atoms with Crippen LogP contribution >= 0.6 is 22.9 Å². The summed E-state index contributed by atoms with van der Waals surface area (Å²) in [6.07, 6.45) is 0. The van der Waals surface area contributed by atoms with Crippen LogP contribution in [-0.4, -0.2) is 11.7 Å². The number of nitrogens with one attached hydrogen (secondary N) is 1. The zero-order chi connectivity index (χ0) is 13.0. The van der Waals surface area contributed by atoms with Gasteiger partial charge in [-0.1, -0.05) is 41.9 Å². The molecule has 1 heterocycles. The van der Waals surface area contributed by atoms with Crippen LogP contribution in [0.1, 0.15) is 17.4 Å². The minimum Gasteiger partial charge on any atom is -0.394 e. The van der Waals surface area contributed by atoms with Gasteiger partial charge >= 0.3 is 0 Å². The Morgan fingerprint density at radius 2 is 2.00 bits per heavy atom. The van der Waals surface area contributed by atoms with Crippen LogP contribution in [0.5, 0.6) is 0 Å². The van der Waals surface area contributed by atoms with Gasteiger partial charge in [-0.05, 0) is 23.9 Å². The van der Waals surface area contributed by atoms with Crippen molar-refractivity contribution in [2.75, 3.05) is 6.61 Å². The minimum absolute atomic E-state index is 0.0417. The van der Waals surface area contributed by atoms with Gasteiger partial charge in [-0.3, -0.25) is 0 Å². The highest BCUT2D eigenvalue weighted by Gasteiger charge is 2.25. The van der Waals surface area contributed by atoms with E-state index in [-0.39, 0.29) is 6.61 Å². The molecule has 4 heteroatoms. The van der Waals surface area contributed by atoms with Gasteiger partial charge in [-0.2, -0.15) is 0 Å². The number of aliphatic hydroxyl groups is 1. The van der Waals surface area contributed by atoms with Gasteiger partial charge < -0.3 is 10.4 Å². The lowest BCUT2D eigenvalue weighted by atomic mass is 9.93. The van der Waals surface area contributed by atoms with Crippen LogP contribution in [0.4, 0.5) is 0 Å². The van der Waals surface area contributed by atoms with Gasteiger partial charge in [0.2, 0.25) is 0 Å². The molecular formula is C14H16ClNOS. The first-order chi connectivity index (χ1) is 8.65. The van der Waals surface area contributed by atoms with Gasteiger partial charge in [0.25, 0.3) is 0 Å². The fraction of sp³-hybridized carbons (Fsp3) is 0.286. The predicted octanol–water partition coefficient (Wildman–Crippen LogP) is 3.40. The summed E-state index contributed by atoms with van der Waals surface area (Å²) in [6, 6.07) is 11.8. The molecule has 2 aromatic rings. The monoisotopic (exact) mass is 281 g/mol. The quantitative estimate of drug-likeness (QED) is 0.880. The highest BCUT2D eigenvalue weighted by atomic mass is 35.5. The molecule has 0 aliphatic carbocycles. The lowest BCUT2D eigenvalue weighted by Gasteiger charge is -2.29. The Balaban J connectivity index is 2.12. The van der Waals surface area contributed by atoms with E-state index >= 15 is 0 Å². The topological polar surface area (TPSA) is 32.3 Å². The Hall–Kier alpha value is -0.870. The van der Waals surface area contributed by atoms with E-state index in [2.05, 4.69) is 5.32 Å². The van der Waals surface area contributed by atoms with E-state index in [1.807, 2.05) is 48.7 Å². The maximum Gasteiger partial charge on any atom is 0.0652 e. The van der Waals surface area contributed by atoms with E-state index in [9.17, 15) is 5.11 Å². The van der Waals surface area contributed by atoms with Gasteiger partial charge in [0.1, 0.15) is 0 Å². The van der Waals surface area contributed by atoms with Crippen molar-refractivity contribution in [3.05, 3.63) is 57.2 Å². The van der Waals surface area contributed by atoms with Crippen LogP contribution < -0.4 is 5.32 Å². The highest BCUT2D eigenvalue weighted by molar-refractivity contribution is 7.10. The first kappa shape index (κ1) is 13.6. The third kappa shape index (κ3) is 2.93. The van der Waals surface area contributed by atoms with Crippen LogP contribution in [-0.2, 0) is 12.1 Å². The molecule has 2 N–H and O–H groups in total. The van der Waals surface area contributed by atoms with Gasteiger partial charge in [-0.25, -0.2) is 0 Å². The molecule has 0 bridgehead atoms. The van der Waals surface area contributed by atoms with Crippen molar-refractivity contribution in [1.29, 1.82) is 0 Å². The number of halogens is 1. The molecule has 0 radical (unpaired) electrons. The van der Waals surface area contributed by atoms with Gasteiger partial charge in [0.05, 0.1) is 17.2 Å². The molecule has 0 saturated heterocycles. The van der Waals surface area contributed by atoms with Crippen molar-refractivity contribution in [2.24, 2.45) is 0 Å². The maximum absolute atomic E-state index is 9.64. The zero-order valence-electron chi connectivity index (χ0n) is 10.2. The Morgan fingerprint density at radius 1 is 1.28 bits per heavy atom. The van der Waals surface area contributed by atoms with Crippen LogP contribution in [0, 0.1) is 0 Å². The maximum atomic E-state index is 9.64. The van der Waals surface area contributed by atoms with Gasteiger partial charge in [0, 0.05) is 11.4 Å². The SMILES string of the molecule is C[C@](CO)(NCc1sccc1Cl)c1ccccc1. The lowest BCUT2D eigenvalue weighted by Crippen LogP contribution is -2.42. The van der Waals surface area contributed by atoms with E-state index in [1.165, 1.54) is 0 Å². The molecule has 96 valence electrons. The Labute approximate surface area is 116 Å². The number of rotatable bonds is 5. The smallest absolute Gasteiger partial charge is 0.0652 e. The van der Waals surface area contributed by atoms with Crippen LogP contribution in [0.3, 0.4) is 0 Å². The van der Waals surface area contributed by atoms with Crippen molar-refractivity contribution in [1.82, 2.24) is 5.32 Å². The summed E-state index contributed by atoms with van der Waals surface area (Å²) >= 11 is 7.69. The second-order valence-corrected chi connectivity index (χ2v) is 5.81. The number of benzene rings is 1. The summed E-state index contributed by atoms with van der Waals surface area (Å²) in [4.78, 5) is 1.09. The number of hydrogen-bond donors (Lipinski definition) is 2. The highest BCUT2D eigenvalue weighted by Crippen LogP contribution is 2.25. The molecule has 2 rings (SSSR count). The van der Waals surface area contributed by atoms with Crippen molar-refractivity contribution in [3.8, 4) is 0 Å². The average Bonchev–Trinajstić information content (AvgIpc) is 2.83. The van der Waals surface area contributed by atoms with Gasteiger partial charge in [-0.15, -0.1) is 11.3 Å². The first-order valence-corrected chi connectivity index (χ1v) is 7.05. The first-order valence-electron chi connectivity index (χ1n) is 5.79. The fourth-order valence-electron chi connectivity index (χ4n) is 1.78. The third-order valence-electron chi connectivity index (χ3n) is 3.06. The van der Waals surface area contributed by atoms with E-state index in [1.54, 1.807) is 11.3 Å². The summed E-state index contributed by atoms with van der Waals surface area (Å²) in [6.45, 7) is 2.69. The normalized spacial score (nSPS) is 14.4. The number of thiophene rings is 1. The molecule has 0 aliphatic heterocycles. The second-order valence-electron chi connectivity index (χ2n) is 4.40.